The summed E-state index contributed by atoms with van der Waals surface area (Å²) in [5.74, 6) is -0.886. The van der Waals surface area contributed by atoms with Crippen LogP contribution >= 0.6 is 23.2 Å². The summed E-state index contributed by atoms with van der Waals surface area (Å²) in [5.41, 5.74) is 0.785. The Balaban J connectivity index is 1.75. The van der Waals surface area contributed by atoms with Crippen molar-refractivity contribution in [3.05, 3.63) is 81.9 Å². The molecule has 0 saturated heterocycles. The minimum absolute atomic E-state index is 0.00594. The average Bonchev–Trinajstić information content (AvgIpc) is 3.11. The zero-order valence-corrected chi connectivity index (χ0v) is 16.8. The van der Waals surface area contributed by atoms with Gasteiger partial charge in [0.1, 0.15) is 11.9 Å². The molecule has 1 atom stereocenters. The number of amides is 1. The number of carbonyl (C=O) groups excluding carboxylic acids is 1. The minimum Gasteiger partial charge on any atom is -0.481 e. The number of imidazole rings is 1. The molecule has 9 heteroatoms. The number of carboxylic acid groups (broad SMARTS) is 1. The van der Waals surface area contributed by atoms with Crippen molar-refractivity contribution in [3.63, 3.8) is 0 Å². The van der Waals surface area contributed by atoms with E-state index in [1.807, 2.05) is 41.9 Å². The Kier molecular flexibility index (Phi) is 6.41. The molecule has 3 rings (SSSR count). The van der Waals surface area contributed by atoms with Gasteiger partial charge in [0.25, 0.3) is 5.91 Å². The van der Waals surface area contributed by atoms with E-state index in [1.165, 1.54) is 12.1 Å². The standard InChI is InChI=1S/C20H17Cl2N3O4/c1-25-8-7-23-19(25)17(12-5-3-2-4-6-12)24-16(26)11-29-18-14(21)9-13(20(27)28)10-15(18)22/h2-10,17H,11H2,1H3,(H,24,26)(H,27,28)/t17-/m1/s1. The van der Waals surface area contributed by atoms with Crippen molar-refractivity contribution in [2.75, 3.05) is 6.61 Å². The Labute approximate surface area is 176 Å². The molecule has 0 aliphatic heterocycles. The third kappa shape index (κ3) is 4.88. The molecular formula is C20H17Cl2N3O4. The van der Waals surface area contributed by atoms with Crippen LogP contribution in [-0.2, 0) is 11.8 Å². The third-order valence-electron chi connectivity index (χ3n) is 4.15. The van der Waals surface area contributed by atoms with Crippen LogP contribution in [-0.4, -0.2) is 33.1 Å². The van der Waals surface area contributed by atoms with E-state index in [4.69, 9.17) is 33.0 Å². The molecule has 1 heterocycles. The molecule has 2 aromatic carbocycles. The van der Waals surface area contributed by atoms with Crippen LogP contribution in [0.4, 0.5) is 0 Å². The molecule has 0 fully saturated rings. The van der Waals surface area contributed by atoms with E-state index in [2.05, 4.69) is 10.3 Å². The fourth-order valence-electron chi connectivity index (χ4n) is 2.76. The molecule has 29 heavy (non-hydrogen) atoms. The zero-order valence-electron chi connectivity index (χ0n) is 15.3. The molecule has 0 unspecified atom stereocenters. The second kappa shape index (κ2) is 8.98. The number of aryl methyl sites for hydroxylation is 1. The number of hydrogen-bond acceptors (Lipinski definition) is 4. The van der Waals surface area contributed by atoms with Crippen LogP contribution in [0.3, 0.4) is 0 Å². The van der Waals surface area contributed by atoms with E-state index in [1.54, 1.807) is 12.4 Å². The van der Waals surface area contributed by atoms with E-state index >= 15 is 0 Å². The summed E-state index contributed by atoms with van der Waals surface area (Å²) in [4.78, 5) is 27.9. The van der Waals surface area contributed by atoms with Gasteiger partial charge in [0, 0.05) is 19.4 Å². The summed E-state index contributed by atoms with van der Waals surface area (Å²) in [6.45, 7) is -0.361. The van der Waals surface area contributed by atoms with Crippen LogP contribution < -0.4 is 10.1 Å². The first kappa shape index (κ1) is 20.7. The number of halogens is 2. The fraction of sp³-hybridized carbons (Fsp3) is 0.150. The van der Waals surface area contributed by atoms with Crippen molar-refractivity contribution < 1.29 is 19.4 Å². The van der Waals surface area contributed by atoms with Gasteiger partial charge < -0.3 is 19.7 Å². The first-order valence-electron chi connectivity index (χ1n) is 8.53. The SMILES string of the molecule is Cn1ccnc1[C@H](NC(=O)COc1c(Cl)cc(C(=O)O)cc1Cl)c1ccccc1. The number of ether oxygens (including phenoxy) is 1. The lowest BCUT2D eigenvalue weighted by Crippen LogP contribution is -2.34. The van der Waals surface area contributed by atoms with Crippen LogP contribution in [0.2, 0.25) is 10.0 Å². The molecule has 0 aliphatic rings. The number of benzene rings is 2. The summed E-state index contributed by atoms with van der Waals surface area (Å²) in [5, 5.41) is 11.9. The van der Waals surface area contributed by atoms with Gasteiger partial charge in [-0.15, -0.1) is 0 Å². The van der Waals surface area contributed by atoms with Gasteiger partial charge in [0.15, 0.2) is 12.4 Å². The monoisotopic (exact) mass is 433 g/mol. The second-order valence-electron chi connectivity index (χ2n) is 6.17. The van der Waals surface area contributed by atoms with Crippen molar-refractivity contribution in [3.8, 4) is 5.75 Å². The Morgan fingerprint density at radius 2 is 1.86 bits per heavy atom. The molecule has 2 N–H and O–H groups in total. The summed E-state index contributed by atoms with van der Waals surface area (Å²) in [6, 6.07) is 11.3. The number of aromatic nitrogens is 2. The van der Waals surface area contributed by atoms with Crippen LogP contribution in [0, 0.1) is 0 Å². The van der Waals surface area contributed by atoms with E-state index in [0.29, 0.717) is 5.82 Å². The van der Waals surface area contributed by atoms with Gasteiger partial charge in [-0.1, -0.05) is 53.5 Å². The lowest BCUT2D eigenvalue weighted by Gasteiger charge is -2.19. The highest BCUT2D eigenvalue weighted by molar-refractivity contribution is 6.37. The van der Waals surface area contributed by atoms with Crippen molar-refractivity contribution in [1.29, 1.82) is 0 Å². The molecule has 0 radical (unpaired) electrons. The van der Waals surface area contributed by atoms with E-state index in [-0.39, 0.29) is 28.0 Å². The molecule has 7 nitrogen and oxygen atoms in total. The maximum Gasteiger partial charge on any atom is 0.335 e. The van der Waals surface area contributed by atoms with E-state index in [9.17, 15) is 9.59 Å². The van der Waals surface area contributed by atoms with Crippen LogP contribution in [0.1, 0.15) is 27.8 Å². The maximum atomic E-state index is 12.6. The number of carboxylic acids is 1. The van der Waals surface area contributed by atoms with E-state index in [0.717, 1.165) is 5.56 Å². The number of nitrogens with one attached hydrogen (secondary N) is 1. The van der Waals surface area contributed by atoms with Gasteiger partial charge in [-0.05, 0) is 17.7 Å². The minimum atomic E-state index is -1.17. The number of aromatic carboxylic acids is 1. The molecular weight excluding hydrogens is 417 g/mol. The van der Waals surface area contributed by atoms with Gasteiger partial charge in [0.2, 0.25) is 0 Å². The smallest absolute Gasteiger partial charge is 0.335 e. The van der Waals surface area contributed by atoms with Crippen molar-refractivity contribution >= 4 is 35.1 Å². The Bertz CT molecular complexity index is 1010. The van der Waals surface area contributed by atoms with Gasteiger partial charge in [-0.3, -0.25) is 4.79 Å². The van der Waals surface area contributed by atoms with Crippen molar-refractivity contribution in [2.24, 2.45) is 7.05 Å². The van der Waals surface area contributed by atoms with Crippen molar-refractivity contribution in [2.45, 2.75) is 6.04 Å². The largest absolute Gasteiger partial charge is 0.481 e. The molecule has 0 saturated carbocycles. The summed E-state index contributed by atoms with van der Waals surface area (Å²) in [6.07, 6.45) is 3.44. The summed E-state index contributed by atoms with van der Waals surface area (Å²) < 4.78 is 7.27. The number of rotatable bonds is 7. The second-order valence-corrected chi connectivity index (χ2v) is 6.98. The average molecular weight is 434 g/mol. The number of hydrogen-bond donors (Lipinski definition) is 2. The first-order chi connectivity index (χ1) is 13.9. The van der Waals surface area contributed by atoms with Crippen LogP contribution in [0.15, 0.2) is 54.9 Å². The highest BCUT2D eigenvalue weighted by Gasteiger charge is 2.21. The predicted octanol–water partition coefficient (Wildman–Crippen LogP) is 3.71. The van der Waals surface area contributed by atoms with Gasteiger partial charge in [0.05, 0.1) is 15.6 Å². The zero-order chi connectivity index (χ0) is 21.0. The van der Waals surface area contributed by atoms with Gasteiger partial charge >= 0.3 is 5.97 Å². The lowest BCUT2D eigenvalue weighted by molar-refractivity contribution is -0.123. The van der Waals surface area contributed by atoms with Gasteiger partial charge in [-0.2, -0.15) is 0 Å². The molecule has 0 spiro atoms. The maximum absolute atomic E-state index is 12.6. The highest BCUT2D eigenvalue weighted by atomic mass is 35.5. The Hall–Kier alpha value is -3.03. The Morgan fingerprint density at radius 1 is 1.21 bits per heavy atom. The number of nitrogens with zero attached hydrogens (tertiary/aromatic N) is 2. The molecule has 150 valence electrons. The first-order valence-corrected chi connectivity index (χ1v) is 9.29. The molecule has 0 aliphatic carbocycles. The molecule has 1 aromatic heterocycles. The lowest BCUT2D eigenvalue weighted by atomic mass is 10.1. The summed E-state index contributed by atoms with van der Waals surface area (Å²) in [7, 11) is 1.84. The van der Waals surface area contributed by atoms with Crippen molar-refractivity contribution in [1.82, 2.24) is 14.9 Å². The predicted molar refractivity (Wildman–Crippen MR) is 109 cm³/mol. The molecule has 0 bridgehead atoms. The summed E-state index contributed by atoms with van der Waals surface area (Å²) >= 11 is 12.1. The van der Waals surface area contributed by atoms with E-state index < -0.39 is 17.9 Å². The quantitative estimate of drug-likeness (QED) is 0.592. The van der Waals surface area contributed by atoms with Crippen LogP contribution in [0.5, 0.6) is 5.75 Å². The molecule has 3 aromatic rings. The van der Waals surface area contributed by atoms with Gasteiger partial charge in [-0.25, -0.2) is 9.78 Å². The highest BCUT2D eigenvalue weighted by Crippen LogP contribution is 2.34. The number of carbonyl (C=O) groups is 2. The normalized spacial score (nSPS) is 11.7. The van der Waals surface area contributed by atoms with Crippen LogP contribution in [0.25, 0.3) is 0 Å². The molecule has 1 amide bonds. The fourth-order valence-corrected chi connectivity index (χ4v) is 3.36. The Morgan fingerprint density at radius 3 is 2.41 bits per heavy atom. The third-order valence-corrected chi connectivity index (χ3v) is 4.71. The topological polar surface area (TPSA) is 93.5 Å².